The maximum Gasteiger partial charge on any atom is 0.417 e. The summed E-state index contributed by atoms with van der Waals surface area (Å²) in [5, 5.41) is 8.71. The van der Waals surface area contributed by atoms with Crippen molar-refractivity contribution in [3.8, 4) is 11.8 Å². The summed E-state index contributed by atoms with van der Waals surface area (Å²) in [5.41, 5.74) is -1.86. The van der Waals surface area contributed by atoms with E-state index in [1.807, 2.05) is 0 Å². The number of benzene rings is 1. The summed E-state index contributed by atoms with van der Waals surface area (Å²) >= 11 is 4.88. The molecule has 0 radical (unpaired) electrons. The van der Waals surface area contributed by atoms with E-state index in [-0.39, 0.29) is 10.5 Å². The number of hydrogen-bond acceptors (Lipinski definition) is 3. The minimum absolute atomic E-state index is 0.0321. The zero-order valence-electron chi connectivity index (χ0n) is 9.73. The van der Waals surface area contributed by atoms with E-state index < -0.39 is 22.9 Å². The summed E-state index contributed by atoms with van der Waals surface area (Å²) in [6, 6.07) is 5.83. The molecule has 0 aliphatic heterocycles. The molecule has 0 fully saturated rings. The zero-order chi connectivity index (χ0) is 14.9. The lowest BCUT2D eigenvalue weighted by atomic mass is 10.1. The van der Waals surface area contributed by atoms with E-state index >= 15 is 0 Å². The SMILES string of the molecule is N#Cc1ccc(-n2ccc(=O)[nH]c2=S)cc1C(F)(F)F. The van der Waals surface area contributed by atoms with E-state index in [1.54, 1.807) is 0 Å². The first-order valence-corrected chi connectivity index (χ1v) is 5.67. The van der Waals surface area contributed by atoms with Crippen molar-refractivity contribution < 1.29 is 13.2 Å². The molecule has 20 heavy (non-hydrogen) atoms. The van der Waals surface area contributed by atoms with Crippen molar-refractivity contribution in [1.82, 2.24) is 9.55 Å². The van der Waals surface area contributed by atoms with E-state index in [0.29, 0.717) is 0 Å². The molecule has 2 aromatic rings. The number of nitrogens with zero attached hydrogens (tertiary/aromatic N) is 2. The molecular weight excluding hydrogens is 291 g/mol. The molecule has 0 bridgehead atoms. The summed E-state index contributed by atoms with van der Waals surface area (Å²) < 4.78 is 39.7. The van der Waals surface area contributed by atoms with Crippen molar-refractivity contribution in [1.29, 1.82) is 5.26 Å². The molecule has 2 rings (SSSR count). The average molecular weight is 297 g/mol. The lowest BCUT2D eigenvalue weighted by Gasteiger charge is -2.12. The lowest BCUT2D eigenvalue weighted by molar-refractivity contribution is -0.137. The molecule has 0 unspecified atom stereocenters. The molecule has 1 N–H and O–H groups in total. The number of H-pyrrole nitrogens is 1. The van der Waals surface area contributed by atoms with Gasteiger partial charge in [-0.15, -0.1) is 0 Å². The number of alkyl halides is 3. The molecule has 102 valence electrons. The molecule has 1 aromatic carbocycles. The summed E-state index contributed by atoms with van der Waals surface area (Å²) in [7, 11) is 0. The Morgan fingerprint density at radius 1 is 1.30 bits per heavy atom. The number of halogens is 3. The fourth-order valence-corrected chi connectivity index (χ4v) is 1.90. The van der Waals surface area contributed by atoms with Crippen molar-refractivity contribution in [3.05, 3.63) is 56.7 Å². The van der Waals surface area contributed by atoms with Gasteiger partial charge in [0, 0.05) is 18.0 Å². The van der Waals surface area contributed by atoms with Gasteiger partial charge in [-0.1, -0.05) is 0 Å². The van der Waals surface area contributed by atoms with E-state index in [9.17, 15) is 18.0 Å². The maximum absolute atomic E-state index is 12.9. The zero-order valence-corrected chi connectivity index (χ0v) is 10.5. The topological polar surface area (TPSA) is 61.6 Å². The molecule has 0 spiro atoms. The Labute approximate surface area is 115 Å². The van der Waals surface area contributed by atoms with Crippen molar-refractivity contribution in [2.45, 2.75) is 6.18 Å². The Hall–Kier alpha value is -2.40. The fraction of sp³-hybridized carbons (Fsp3) is 0.0833. The van der Waals surface area contributed by atoms with Gasteiger partial charge in [0.15, 0.2) is 4.77 Å². The highest BCUT2D eigenvalue weighted by atomic mass is 32.1. The Kier molecular flexibility index (Phi) is 3.46. The van der Waals surface area contributed by atoms with Crippen LogP contribution in [0.4, 0.5) is 13.2 Å². The van der Waals surface area contributed by atoms with E-state index in [4.69, 9.17) is 17.5 Å². The van der Waals surface area contributed by atoms with Crippen LogP contribution in [0, 0.1) is 16.1 Å². The summed E-state index contributed by atoms with van der Waals surface area (Å²) in [5.74, 6) is 0. The standard InChI is InChI=1S/C12H6F3N3OS/c13-12(14,15)9-5-8(2-1-7(9)6-16)18-4-3-10(19)17-11(18)20/h1-5H,(H,17,19,20). The highest BCUT2D eigenvalue weighted by Gasteiger charge is 2.33. The van der Waals surface area contributed by atoms with Gasteiger partial charge in [-0.3, -0.25) is 14.3 Å². The number of aromatic nitrogens is 2. The molecule has 0 saturated carbocycles. The number of aromatic amines is 1. The van der Waals surface area contributed by atoms with Gasteiger partial charge in [0.2, 0.25) is 0 Å². The number of nitriles is 1. The second-order valence-electron chi connectivity index (χ2n) is 3.82. The van der Waals surface area contributed by atoms with Crippen LogP contribution in [-0.4, -0.2) is 9.55 Å². The molecule has 0 aliphatic rings. The minimum Gasteiger partial charge on any atom is -0.299 e. The number of rotatable bonds is 1. The minimum atomic E-state index is -4.65. The van der Waals surface area contributed by atoms with Gasteiger partial charge in [-0.25, -0.2) is 0 Å². The van der Waals surface area contributed by atoms with Crippen LogP contribution in [-0.2, 0) is 6.18 Å². The molecule has 0 amide bonds. The average Bonchev–Trinajstić information content (AvgIpc) is 2.37. The van der Waals surface area contributed by atoms with Crippen molar-refractivity contribution in [2.75, 3.05) is 0 Å². The van der Waals surface area contributed by atoms with Crippen LogP contribution in [0.3, 0.4) is 0 Å². The Balaban J connectivity index is 2.69. The van der Waals surface area contributed by atoms with Crippen molar-refractivity contribution in [2.24, 2.45) is 0 Å². The van der Waals surface area contributed by atoms with E-state index in [2.05, 4.69) is 4.98 Å². The lowest BCUT2D eigenvalue weighted by Crippen LogP contribution is -2.12. The summed E-state index contributed by atoms with van der Waals surface area (Å²) in [6.07, 6.45) is -3.38. The fourth-order valence-electron chi connectivity index (χ4n) is 1.63. The van der Waals surface area contributed by atoms with Crippen molar-refractivity contribution in [3.63, 3.8) is 0 Å². The van der Waals surface area contributed by atoms with Crippen molar-refractivity contribution >= 4 is 12.2 Å². The molecule has 4 nitrogen and oxygen atoms in total. The van der Waals surface area contributed by atoms with Crippen LogP contribution in [0.1, 0.15) is 11.1 Å². The molecule has 1 aromatic heterocycles. The van der Waals surface area contributed by atoms with Crippen LogP contribution < -0.4 is 5.56 Å². The first kappa shape index (κ1) is 14.0. The molecule has 8 heteroatoms. The quantitative estimate of drug-likeness (QED) is 0.823. The van der Waals surface area contributed by atoms with Gasteiger partial charge in [0.1, 0.15) is 0 Å². The first-order chi connectivity index (χ1) is 9.32. The highest BCUT2D eigenvalue weighted by molar-refractivity contribution is 7.71. The molecule has 0 saturated heterocycles. The smallest absolute Gasteiger partial charge is 0.299 e. The maximum atomic E-state index is 12.9. The van der Waals surface area contributed by atoms with Gasteiger partial charge in [0.25, 0.3) is 5.56 Å². The summed E-state index contributed by atoms with van der Waals surface area (Å²) in [4.78, 5) is 13.3. The molecule has 0 aliphatic carbocycles. The molecule has 0 atom stereocenters. The predicted molar refractivity (Wildman–Crippen MR) is 66.9 cm³/mol. The Bertz CT molecular complexity index is 814. The van der Waals surface area contributed by atoms with Crippen LogP contribution in [0.5, 0.6) is 0 Å². The van der Waals surface area contributed by atoms with E-state index in [0.717, 1.165) is 18.2 Å². The largest absolute Gasteiger partial charge is 0.417 e. The van der Waals surface area contributed by atoms with Crippen LogP contribution in [0.15, 0.2) is 35.3 Å². The number of hydrogen-bond donors (Lipinski definition) is 1. The third-order valence-electron chi connectivity index (χ3n) is 2.53. The van der Waals surface area contributed by atoms with Gasteiger partial charge in [0.05, 0.1) is 17.2 Å². The first-order valence-electron chi connectivity index (χ1n) is 5.26. The number of nitrogens with one attached hydrogen (secondary N) is 1. The highest BCUT2D eigenvalue weighted by Crippen LogP contribution is 2.33. The van der Waals surface area contributed by atoms with E-state index in [1.165, 1.54) is 22.9 Å². The summed E-state index contributed by atoms with van der Waals surface area (Å²) in [6.45, 7) is 0. The Morgan fingerprint density at radius 2 is 2.00 bits per heavy atom. The third kappa shape index (κ3) is 2.62. The second kappa shape index (κ2) is 4.94. The third-order valence-corrected chi connectivity index (χ3v) is 2.83. The van der Waals surface area contributed by atoms with Gasteiger partial charge < -0.3 is 0 Å². The normalized spacial score (nSPS) is 11.1. The van der Waals surface area contributed by atoms with Crippen LogP contribution in [0.25, 0.3) is 5.69 Å². The molecular formula is C12H6F3N3OS. The van der Waals surface area contributed by atoms with Crippen LogP contribution >= 0.6 is 12.2 Å². The Morgan fingerprint density at radius 3 is 2.55 bits per heavy atom. The van der Waals surface area contributed by atoms with Gasteiger partial charge in [-0.05, 0) is 30.4 Å². The predicted octanol–water partition coefficient (Wildman–Crippen LogP) is 2.79. The second-order valence-corrected chi connectivity index (χ2v) is 4.21. The molecule has 1 heterocycles. The van der Waals surface area contributed by atoms with Gasteiger partial charge >= 0.3 is 6.18 Å². The van der Waals surface area contributed by atoms with Crippen LogP contribution in [0.2, 0.25) is 0 Å². The monoisotopic (exact) mass is 297 g/mol. The van der Waals surface area contributed by atoms with Gasteiger partial charge in [-0.2, -0.15) is 18.4 Å².